The van der Waals surface area contributed by atoms with Gasteiger partial charge in [0.2, 0.25) is 12.2 Å². The third kappa shape index (κ3) is 4.13. The second kappa shape index (κ2) is 5.58. The van der Waals surface area contributed by atoms with E-state index in [1.165, 1.54) is 17.1 Å². The number of nitro groups is 1. The van der Waals surface area contributed by atoms with E-state index in [-0.39, 0.29) is 24.8 Å². The smallest absolute Gasteiger partial charge is 0.381 e. The van der Waals surface area contributed by atoms with Crippen LogP contribution in [-0.2, 0) is 11.3 Å². The molecular formula is C10H16N4O4. The number of imidazole rings is 1. The Bertz CT molecular complexity index is 441. The first kappa shape index (κ1) is 14.1. The summed E-state index contributed by atoms with van der Waals surface area (Å²) < 4.78 is 1.48. The van der Waals surface area contributed by atoms with Crippen molar-refractivity contribution in [3.63, 3.8) is 0 Å². The van der Waals surface area contributed by atoms with Crippen molar-refractivity contribution in [1.29, 1.82) is 0 Å². The van der Waals surface area contributed by atoms with Crippen LogP contribution in [0.5, 0.6) is 0 Å². The van der Waals surface area contributed by atoms with E-state index < -0.39 is 10.5 Å². The van der Waals surface area contributed by atoms with Crippen LogP contribution in [0.4, 0.5) is 5.82 Å². The van der Waals surface area contributed by atoms with Gasteiger partial charge in [0.1, 0.15) is 6.20 Å². The Labute approximate surface area is 104 Å². The Morgan fingerprint density at radius 2 is 2.33 bits per heavy atom. The van der Waals surface area contributed by atoms with Gasteiger partial charge in [-0.2, -0.15) is 0 Å². The normalized spacial score (nSPS) is 11.3. The fourth-order valence-corrected chi connectivity index (χ4v) is 1.27. The largest absolute Gasteiger partial charge is 0.394 e. The quantitative estimate of drug-likeness (QED) is 0.552. The first-order valence-electron chi connectivity index (χ1n) is 5.42. The molecule has 0 bridgehead atoms. The maximum absolute atomic E-state index is 11.5. The Morgan fingerprint density at radius 3 is 2.83 bits per heavy atom. The topological polar surface area (TPSA) is 110 Å². The van der Waals surface area contributed by atoms with E-state index in [0.717, 1.165) is 0 Å². The minimum Gasteiger partial charge on any atom is -0.394 e. The molecule has 1 heterocycles. The van der Waals surface area contributed by atoms with Gasteiger partial charge in [0.25, 0.3) is 0 Å². The number of carbonyl (C=O) groups excluding carboxylic acids is 1. The molecule has 0 aromatic carbocycles. The lowest BCUT2D eigenvalue weighted by Crippen LogP contribution is -2.46. The number of aromatic nitrogens is 2. The van der Waals surface area contributed by atoms with Crippen LogP contribution in [0.2, 0.25) is 0 Å². The number of aryl methyl sites for hydroxylation is 1. The van der Waals surface area contributed by atoms with E-state index in [1.807, 2.05) is 0 Å². The van der Waals surface area contributed by atoms with Crippen molar-refractivity contribution in [2.24, 2.45) is 0 Å². The average Bonchev–Trinajstić information content (AvgIpc) is 2.74. The third-order valence-electron chi connectivity index (χ3n) is 2.28. The van der Waals surface area contributed by atoms with E-state index in [0.29, 0.717) is 6.54 Å². The number of aliphatic hydroxyl groups is 1. The second-order valence-corrected chi connectivity index (χ2v) is 4.57. The number of amides is 1. The summed E-state index contributed by atoms with van der Waals surface area (Å²) >= 11 is 0. The van der Waals surface area contributed by atoms with Gasteiger partial charge in [-0.25, -0.2) is 0 Å². The maximum atomic E-state index is 11.5. The third-order valence-corrected chi connectivity index (χ3v) is 2.28. The number of hydrogen-bond acceptors (Lipinski definition) is 5. The van der Waals surface area contributed by atoms with Gasteiger partial charge in [0.15, 0.2) is 0 Å². The molecule has 18 heavy (non-hydrogen) atoms. The van der Waals surface area contributed by atoms with Crippen LogP contribution in [0.3, 0.4) is 0 Å². The van der Waals surface area contributed by atoms with E-state index in [1.54, 1.807) is 13.8 Å². The SMILES string of the molecule is CC(C)(CO)NC(=O)CCn1cnc([N+](=O)[O-])c1. The molecule has 0 aliphatic heterocycles. The standard InChI is InChI=1S/C10H16N4O4/c1-10(2,6-15)12-9(16)3-4-13-5-8(11-7-13)14(17)18/h5,7,15H,3-4,6H2,1-2H3,(H,12,16). The fourth-order valence-electron chi connectivity index (χ4n) is 1.27. The molecule has 0 saturated heterocycles. The zero-order valence-electron chi connectivity index (χ0n) is 10.3. The molecule has 0 saturated carbocycles. The van der Waals surface area contributed by atoms with Crippen LogP contribution in [-0.4, -0.2) is 37.6 Å². The first-order valence-corrected chi connectivity index (χ1v) is 5.42. The zero-order valence-corrected chi connectivity index (χ0v) is 10.3. The van der Waals surface area contributed by atoms with Crippen LogP contribution >= 0.6 is 0 Å². The number of rotatable bonds is 6. The molecular weight excluding hydrogens is 240 g/mol. The van der Waals surface area contributed by atoms with Gasteiger partial charge >= 0.3 is 5.82 Å². The van der Waals surface area contributed by atoms with Crippen molar-refractivity contribution in [3.8, 4) is 0 Å². The lowest BCUT2D eigenvalue weighted by molar-refractivity contribution is -0.389. The number of carbonyl (C=O) groups is 1. The van der Waals surface area contributed by atoms with Crippen molar-refractivity contribution in [1.82, 2.24) is 14.9 Å². The molecule has 1 rings (SSSR count). The van der Waals surface area contributed by atoms with Crippen LogP contribution in [0.1, 0.15) is 20.3 Å². The highest BCUT2D eigenvalue weighted by atomic mass is 16.6. The highest BCUT2D eigenvalue weighted by molar-refractivity contribution is 5.76. The Hall–Kier alpha value is -1.96. The summed E-state index contributed by atoms with van der Waals surface area (Å²) in [4.78, 5) is 24.9. The summed E-state index contributed by atoms with van der Waals surface area (Å²) in [6, 6.07) is 0. The van der Waals surface area contributed by atoms with E-state index in [9.17, 15) is 14.9 Å². The van der Waals surface area contributed by atoms with Crippen molar-refractivity contribution in [2.45, 2.75) is 32.4 Å². The van der Waals surface area contributed by atoms with Crippen molar-refractivity contribution >= 4 is 11.7 Å². The second-order valence-electron chi connectivity index (χ2n) is 4.57. The molecule has 1 aromatic rings. The van der Waals surface area contributed by atoms with Crippen LogP contribution in [0, 0.1) is 10.1 Å². The molecule has 0 fully saturated rings. The minimum absolute atomic E-state index is 0.157. The van der Waals surface area contributed by atoms with Gasteiger partial charge in [0.05, 0.1) is 12.1 Å². The summed E-state index contributed by atoms with van der Waals surface area (Å²) in [5, 5.41) is 22.0. The number of aliphatic hydroxyl groups excluding tert-OH is 1. The zero-order chi connectivity index (χ0) is 13.8. The molecule has 8 heteroatoms. The van der Waals surface area contributed by atoms with Gasteiger partial charge in [-0.05, 0) is 23.8 Å². The highest BCUT2D eigenvalue weighted by Gasteiger charge is 2.19. The Morgan fingerprint density at radius 1 is 1.67 bits per heavy atom. The molecule has 0 atom stereocenters. The summed E-state index contributed by atoms with van der Waals surface area (Å²) in [7, 11) is 0. The van der Waals surface area contributed by atoms with Crippen LogP contribution < -0.4 is 5.32 Å². The minimum atomic E-state index is -0.669. The predicted molar refractivity (Wildman–Crippen MR) is 62.8 cm³/mol. The van der Waals surface area contributed by atoms with Crippen molar-refractivity contribution in [2.75, 3.05) is 6.61 Å². The van der Waals surface area contributed by atoms with Crippen LogP contribution in [0.15, 0.2) is 12.5 Å². The van der Waals surface area contributed by atoms with E-state index >= 15 is 0 Å². The lowest BCUT2D eigenvalue weighted by atomic mass is 10.1. The monoisotopic (exact) mass is 256 g/mol. The van der Waals surface area contributed by atoms with E-state index in [2.05, 4.69) is 10.3 Å². The molecule has 0 spiro atoms. The molecule has 2 N–H and O–H groups in total. The van der Waals surface area contributed by atoms with Gasteiger partial charge in [-0.15, -0.1) is 0 Å². The van der Waals surface area contributed by atoms with Crippen molar-refractivity contribution < 1.29 is 14.8 Å². The number of hydrogen-bond donors (Lipinski definition) is 2. The Balaban J connectivity index is 2.45. The molecule has 8 nitrogen and oxygen atoms in total. The molecule has 100 valence electrons. The highest BCUT2D eigenvalue weighted by Crippen LogP contribution is 2.06. The summed E-state index contributed by atoms with van der Waals surface area (Å²) in [5.41, 5.74) is -0.669. The summed E-state index contributed by atoms with van der Waals surface area (Å²) in [6.07, 6.45) is 2.74. The van der Waals surface area contributed by atoms with Crippen molar-refractivity contribution in [3.05, 3.63) is 22.6 Å². The average molecular weight is 256 g/mol. The Kier molecular flexibility index (Phi) is 4.38. The molecule has 0 radical (unpaired) electrons. The molecule has 0 aliphatic rings. The van der Waals surface area contributed by atoms with Crippen LogP contribution in [0.25, 0.3) is 0 Å². The molecule has 1 amide bonds. The molecule has 0 aliphatic carbocycles. The first-order chi connectivity index (χ1) is 8.34. The van der Waals surface area contributed by atoms with Gasteiger partial charge in [-0.1, -0.05) is 0 Å². The summed E-state index contributed by atoms with van der Waals surface area (Å²) in [5.74, 6) is -0.475. The number of nitrogens with one attached hydrogen (secondary N) is 1. The van der Waals surface area contributed by atoms with E-state index in [4.69, 9.17) is 5.11 Å². The maximum Gasteiger partial charge on any atom is 0.381 e. The molecule has 1 aromatic heterocycles. The number of nitrogens with zero attached hydrogens (tertiary/aromatic N) is 3. The molecule has 0 unspecified atom stereocenters. The summed E-state index contributed by atoms with van der Waals surface area (Å²) in [6.45, 7) is 3.55. The van der Waals surface area contributed by atoms with Gasteiger partial charge < -0.3 is 25.1 Å². The van der Waals surface area contributed by atoms with Gasteiger partial charge in [0, 0.05) is 13.0 Å². The fraction of sp³-hybridized carbons (Fsp3) is 0.600. The van der Waals surface area contributed by atoms with Gasteiger partial charge in [-0.3, -0.25) is 4.79 Å². The lowest BCUT2D eigenvalue weighted by Gasteiger charge is -2.23. The predicted octanol–water partition coefficient (Wildman–Crippen LogP) is 0.0685.